The number of morpholine rings is 1. The number of hydrogen-bond acceptors (Lipinski definition) is 6. The number of pyridine rings is 2. The van der Waals surface area contributed by atoms with Gasteiger partial charge in [-0.15, -0.1) is 0 Å². The number of fused-ring (bicyclic) bond motifs is 1. The SMILES string of the molecule is CCC1=C(C(=O)Nc2ccc(-c3ccccc3)nc2)c2cc(-c3cncc(N4CCOCC4)c3)ccc2NC1. The molecular formula is C32H31N5O2. The molecule has 0 saturated carbocycles. The number of hydrogen-bond donors (Lipinski definition) is 2. The van der Waals surface area contributed by atoms with Crippen LogP contribution in [0, 0.1) is 0 Å². The molecule has 7 heteroatoms. The number of ether oxygens (including phenoxy) is 1. The van der Waals surface area contributed by atoms with Gasteiger partial charge >= 0.3 is 0 Å². The molecule has 7 nitrogen and oxygen atoms in total. The third-order valence-corrected chi connectivity index (χ3v) is 7.31. The maximum atomic E-state index is 13.7. The fourth-order valence-corrected chi connectivity index (χ4v) is 5.17. The summed E-state index contributed by atoms with van der Waals surface area (Å²) in [5, 5.41) is 6.58. The maximum absolute atomic E-state index is 13.7. The number of amides is 1. The third kappa shape index (κ3) is 5.26. The average Bonchev–Trinajstić information content (AvgIpc) is 3.01. The number of carbonyl (C=O) groups is 1. The molecule has 2 aromatic carbocycles. The van der Waals surface area contributed by atoms with E-state index in [4.69, 9.17) is 4.74 Å². The van der Waals surface area contributed by atoms with Gasteiger partial charge in [-0.2, -0.15) is 0 Å². The number of carbonyl (C=O) groups excluding carboxylic acids is 1. The lowest BCUT2D eigenvalue weighted by Gasteiger charge is -2.29. The Hall–Kier alpha value is -4.49. The Bertz CT molecular complexity index is 1510. The normalized spacial score (nSPS) is 14.9. The molecule has 0 bridgehead atoms. The summed E-state index contributed by atoms with van der Waals surface area (Å²) in [5.41, 5.74) is 9.35. The van der Waals surface area contributed by atoms with Gasteiger partial charge in [-0.05, 0) is 47.9 Å². The highest BCUT2D eigenvalue weighted by atomic mass is 16.5. The predicted molar refractivity (Wildman–Crippen MR) is 157 cm³/mol. The Balaban J connectivity index is 1.28. The molecule has 0 radical (unpaired) electrons. The van der Waals surface area contributed by atoms with Crippen LogP contribution >= 0.6 is 0 Å². The quantitative estimate of drug-likeness (QED) is 0.333. The first-order valence-corrected chi connectivity index (χ1v) is 13.4. The number of nitrogens with zero attached hydrogens (tertiary/aromatic N) is 3. The number of aromatic nitrogens is 2. The van der Waals surface area contributed by atoms with Crippen molar-refractivity contribution in [2.75, 3.05) is 48.4 Å². The lowest BCUT2D eigenvalue weighted by molar-refractivity contribution is -0.111. The van der Waals surface area contributed by atoms with Crippen molar-refractivity contribution in [2.45, 2.75) is 13.3 Å². The van der Waals surface area contributed by atoms with Gasteiger partial charge in [-0.3, -0.25) is 14.8 Å². The van der Waals surface area contributed by atoms with E-state index < -0.39 is 0 Å². The molecule has 4 heterocycles. The molecule has 0 spiro atoms. The molecule has 0 aliphatic carbocycles. The fraction of sp³-hybridized carbons (Fsp3) is 0.219. The zero-order valence-corrected chi connectivity index (χ0v) is 22.0. The first-order chi connectivity index (χ1) is 19.2. The van der Waals surface area contributed by atoms with Crippen molar-refractivity contribution in [3.8, 4) is 22.4 Å². The van der Waals surface area contributed by atoms with E-state index in [0.29, 0.717) is 12.2 Å². The highest BCUT2D eigenvalue weighted by molar-refractivity contribution is 6.28. The zero-order chi connectivity index (χ0) is 26.6. The molecule has 2 aromatic heterocycles. The molecule has 6 rings (SSSR count). The van der Waals surface area contributed by atoms with Crippen LogP contribution in [0.1, 0.15) is 18.9 Å². The van der Waals surface area contributed by atoms with Crippen LogP contribution in [0.4, 0.5) is 17.1 Å². The van der Waals surface area contributed by atoms with Crippen molar-refractivity contribution < 1.29 is 9.53 Å². The van der Waals surface area contributed by atoms with Gasteiger partial charge in [-0.1, -0.05) is 43.3 Å². The number of nitrogens with one attached hydrogen (secondary N) is 2. The van der Waals surface area contributed by atoms with Gasteiger partial charge in [0.2, 0.25) is 0 Å². The van der Waals surface area contributed by atoms with Gasteiger partial charge in [0.15, 0.2) is 0 Å². The number of rotatable bonds is 6. The predicted octanol–water partition coefficient (Wildman–Crippen LogP) is 5.88. The Morgan fingerprint density at radius 1 is 0.949 bits per heavy atom. The van der Waals surface area contributed by atoms with E-state index in [1.165, 1.54) is 0 Å². The summed E-state index contributed by atoms with van der Waals surface area (Å²) >= 11 is 0. The topological polar surface area (TPSA) is 79.4 Å². The molecule has 4 aromatic rings. The van der Waals surface area contributed by atoms with Crippen LogP contribution in [0.2, 0.25) is 0 Å². The second-order valence-corrected chi connectivity index (χ2v) is 9.73. The summed E-state index contributed by atoms with van der Waals surface area (Å²) in [7, 11) is 0. The second kappa shape index (κ2) is 11.1. The highest BCUT2D eigenvalue weighted by Crippen LogP contribution is 2.37. The lowest BCUT2D eigenvalue weighted by atomic mass is 9.90. The van der Waals surface area contributed by atoms with Gasteiger partial charge in [0.05, 0.1) is 42.7 Å². The first kappa shape index (κ1) is 24.8. The van der Waals surface area contributed by atoms with Crippen LogP contribution in [0.15, 0.2) is 90.9 Å². The first-order valence-electron chi connectivity index (χ1n) is 13.4. The van der Waals surface area contributed by atoms with Gasteiger partial charge in [0, 0.05) is 53.8 Å². The van der Waals surface area contributed by atoms with Crippen molar-refractivity contribution in [1.82, 2.24) is 9.97 Å². The van der Waals surface area contributed by atoms with Gasteiger partial charge in [0.25, 0.3) is 5.91 Å². The van der Waals surface area contributed by atoms with Gasteiger partial charge in [0.1, 0.15) is 0 Å². The molecular weight excluding hydrogens is 486 g/mol. The average molecular weight is 518 g/mol. The molecule has 1 amide bonds. The van der Waals surface area contributed by atoms with Crippen molar-refractivity contribution in [3.05, 3.63) is 96.5 Å². The smallest absolute Gasteiger partial charge is 0.256 e. The van der Waals surface area contributed by atoms with Crippen molar-refractivity contribution in [3.63, 3.8) is 0 Å². The Labute approximate surface area is 228 Å². The molecule has 1 saturated heterocycles. The van der Waals surface area contributed by atoms with E-state index in [9.17, 15) is 4.79 Å². The molecule has 2 aliphatic rings. The summed E-state index contributed by atoms with van der Waals surface area (Å²) in [6.07, 6.45) is 6.28. The maximum Gasteiger partial charge on any atom is 0.256 e. The summed E-state index contributed by atoms with van der Waals surface area (Å²) in [4.78, 5) is 25.1. The highest BCUT2D eigenvalue weighted by Gasteiger charge is 2.24. The molecule has 1 fully saturated rings. The molecule has 0 atom stereocenters. The number of benzene rings is 2. The van der Waals surface area contributed by atoms with Gasteiger partial charge < -0.3 is 20.3 Å². The molecule has 39 heavy (non-hydrogen) atoms. The van der Waals surface area contributed by atoms with E-state index in [1.807, 2.05) is 54.9 Å². The monoisotopic (exact) mass is 517 g/mol. The standard InChI is InChI=1S/C32H31N5O2/c1-2-22-19-34-30-10-8-24(25-16-27(21-33-18-25)37-12-14-39-15-13-37)17-28(30)31(22)32(38)36-26-9-11-29(35-20-26)23-6-4-3-5-7-23/h3-11,16-18,20-21,34H,2,12-15,19H2,1H3,(H,36,38). The Morgan fingerprint density at radius 3 is 2.56 bits per heavy atom. The molecule has 196 valence electrons. The summed E-state index contributed by atoms with van der Waals surface area (Å²) in [5.74, 6) is -0.124. The fourth-order valence-electron chi connectivity index (χ4n) is 5.17. The van der Waals surface area contributed by atoms with Crippen molar-refractivity contribution in [1.29, 1.82) is 0 Å². The largest absolute Gasteiger partial charge is 0.381 e. The minimum Gasteiger partial charge on any atom is -0.381 e. The van der Waals surface area contributed by atoms with E-state index >= 15 is 0 Å². The second-order valence-electron chi connectivity index (χ2n) is 9.73. The van der Waals surface area contributed by atoms with Crippen LogP contribution in [0.3, 0.4) is 0 Å². The minimum atomic E-state index is -0.124. The van der Waals surface area contributed by atoms with Crippen molar-refractivity contribution in [2.24, 2.45) is 0 Å². The van der Waals surface area contributed by atoms with E-state index in [1.54, 1.807) is 6.20 Å². The van der Waals surface area contributed by atoms with Gasteiger partial charge in [-0.25, -0.2) is 0 Å². The van der Waals surface area contributed by atoms with Crippen LogP contribution in [0.5, 0.6) is 0 Å². The van der Waals surface area contributed by atoms with E-state index in [2.05, 4.69) is 56.7 Å². The molecule has 2 N–H and O–H groups in total. The van der Waals surface area contributed by atoms with E-state index in [0.717, 1.165) is 83.2 Å². The van der Waals surface area contributed by atoms with Crippen LogP contribution in [-0.4, -0.2) is 48.7 Å². The zero-order valence-electron chi connectivity index (χ0n) is 22.0. The van der Waals surface area contributed by atoms with Crippen LogP contribution in [0.25, 0.3) is 28.0 Å². The summed E-state index contributed by atoms with van der Waals surface area (Å²) < 4.78 is 5.51. The third-order valence-electron chi connectivity index (χ3n) is 7.31. The van der Waals surface area contributed by atoms with Crippen LogP contribution < -0.4 is 15.5 Å². The minimum absolute atomic E-state index is 0.124. The Morgan fingerprint density at radius 2 is 1.79 bits per heavy atom. The summed E-state index contributed by atoms with van der Waals surface area (Å²) in [6.45, 7) is 5.89. The Kier molecular flexibility index (Phi) is 7.06. The van der Waals surface area contributed by atoms with Crippen molar-refractivity contribution >= 4 is 28.5 Å². The lowest BCUT2D eigenvalue weighted by Crippen LogP contribution is -2.36. The molecule has 0 unspecified atom stereocenters. The van der Waals surface area contributed by atoms with E-state index in [-0.39, 0.29) is 5.91 Å². The van der Waals surface area contributed by atoms with Crippen LogP contribution in [-0.2, 0) is 9.53 Å². The number of anilines is 3. The molecule has 2 aliphatic heterocycles. The summed E-state index contributed by atoms with van der Waals surface area (Å²) in [6, 6.07) is 22.3.